The Labute approximate surface area is 191 Å². The van der Waals surface area contributed by atoms with Crippen LogP contribution in [0.1, 0.15) is 72.1 Å². The molecule has 2 aromatic carbocycles. The molecule has 0 spiro atoms. The molecule has 7 heteroatoms. The Morgan fingerprint density at radius 1 is 1.03 bits per heavy atom. The van der Waals surface area contributed by atoms with Gasteiger partial charge < -0.3 is 10.1 Å². The molecule has 1 aliphatic heterocycles. The van der Waals surface area contributed by atoms with E-state index < -0.39 is 10.0 Å². The minimum atomic E-state index is -3.62. The summed E-state index contributed by atoms with van der Waals surface area (Å²) in [7, 11) is -2.13. The predicted molar refractivity (Wildman–Crippen MR) is 125 cm³/mol. The molecule has 1 heterocycles. The first kappa shape index (κ1) is 22.8. The Balaban J connectivity index is 1.60. The number of fused-ring (bicyclic) bond motifs is 1. The van der Waals surface area contributed by atoms with Crippen LogP contribution in [0.5, 0.6) is 5.75 Å². The molecular formula is C25H32N2O4S. The molecule has 0 bridgehead atoms. The van der Waals surface area contributed by atoms with Gasteiger partial charge in [-0.2, -0.15) is 4.31 Å². The molecule has 2 aromatic rings. The highest BCUT2D eigenvalue weighted by Gasteiger charge is 2.29. The van der Waals surface area contributed by atoms with E-state index in [9.17, 15) is 13.2 Å². The Kier molecular flexibility index (Phi) is 6.86. The topological polar surface area (TPSA) is 75.7 Å². The van der Waals surface area contributed by atoms with Gasteiger partial charge in [-0.25, -0.2) is 8.42 Å². The molecule has 1 fully saturated rings. The minimum absolute atomic E-state index is 0.132. The first-order valence-electron chi connectivity index (χ1n) is 11.5. The van der Waals surface area contributed by atoms with Crippen LogP contribution in [0.2, 0.25) is 0 Å². The van der Waals surface area contributed by atoms with Gasteiger partial charge in [0.05, 0.1) is 23.6 Å². The van der Waals surface area contributed by atoms with Crippen LogP contribution in [0.3, 0.4) is 0 Å². The zero-order valence-corrected chi connectivity index (χ0v) is 19.7. The molecule has 172 valence electrons. The average Bonchev–Trinajstić information content (AvgIpc) is 3.37. The number of sulfonamides is 1. The second-order valence-electron chi connectivity index (χ2n) is 8.64. The Bertz CT molecular complexity index is 1090. The number of amides is 1. The molecule has 1 N–H and O–H groups in total. The van der Waals surface area contributed by atoms with Crippen molar-refractivity contribution in [1.29, 1.82) is 0 Å². The summed E-state index contributed by atoms with van der Waals surface area (Å²) in [5, 5.41) is 3.10. The summed E-state index contributed by atoms with van der Waals surface area (Å²) >= 11 is 0. The molecule has 0 saturated carbocycles. The summed E-state index contributed by atoms with van der Waals surface area (Å²) in [5.74, 6) is 0.0352. The molecule has 0 radical (unpaired) electrons. The van der Waals surface area contributed by atoms with Gasteiger partial charge in [0.15, 0.2) is 0 Å². The lowest BCUT2D eigenvalue weighted by Crippen LogP contribution is -2.30. The monoisotopic (exact) mass is 456 g/mol. The summed E-state index contributed by atoms with van der Waals surface area (Å²) in [5.41, 5.74) is 4.10. The van der Waals surface area contributed by atoms with E-state index in [-0.39, 0.29) is 22.4 Å². The van der Waals surface area contributed by atoms with Crippen molar-refractivity contribution in [2.24, 2.45) is 0 Å². The van der Waals surface area contributed by atoms with Crippen LogP contribution in [0.4, 0.5) is 0 Å². The minimum Gasteiger partial charge on any atom is -0.496 e. The lowest BCUT2D eigenvalue weighted by Gasteiger charge is -2.22. The largest absolute Gasteiger partial charge is 0.496 e. The molecule has 1 aliphatic carbocycles. The fraction of sp³-hybridized carbons (Fsp3) is 0.480. The van der Waals surface area contributed by atoms with E-state index in [1.165, 1.54) is 47.5 Å². The number of carbonyl (C=O) groups is 1. The van der Waals surface area contributed by atoms with E-state index in [1.54, 1.807) is 6.07 Å². The number of nitrogens with one attached hydrogen (secondary N) is 1. The van der Waals surface area contributed by atoms with Crippen LogP contribution < -0.4 is 10.1 Å². The molecule has 1 saturated heterocycles. The highest BCUT2D eigenvalue weighted by Crippen LogP contribution is 2.29. The smallest absolute Gasteiger partial charge is 0.255 e. The van der Waals surface area contributed by atoms with E-state index in [0.29, 0.717) is 18.8 Å². The van der Waals surface area contributed by atoms with Gasteiger partial charge in [-0.05, 0) is 79.8 Å². The van der Waals surface area contributed by atoms with Crippen molar-refractivity contribution in [1.82, 2.24) is 9.62 Å². The number of carbonyl (C=O) groups excluding carboxylic acids is 1. The molecule has 32 heavy (non-hydrogen) atoms. The summed E-state index contributed by atoms with van der Waals surface area (Å²) in [6.45, 7) is 3.08. The maximum absolute atomic E-state index is 13.3. The van der Waals surface area contributed by atoms with E-state index in [4.69, 9.17) is 4.74 Å². The molecule has 0 aromatic heterocycles. The highest BCUT2D eigenvalue weighted by molar-refractivity contribution is 7.89. The second-order valence-corrected chi connectivity index (χ2v) is 10.6. The summed E-state index contributed by atoms with van der Waals surface area (Å²) < 4.78 is 32.9. The van der Waals surface area contributed by atoms with Crippen molar-refractivity contribution in [2.75, 3.05) is 20.2 Å². The van der Waals surface area contributed by atoms with Crippen LogP contribution in [0.15, 0.2) is 41.3 Å². The van der Waals surface area contributed by atoms with Crippen molar-refractivity contribution in [3.63, 3.8) is 0 Å². The number of hydrogen-bond acceptors (Lipinski definition) is 4. The number of hydrogen-bond donors (Lipinski definition) is 1. The molecule has 1 amide bonds. The van der Waals surface area contributed by atoms with E-state index >= 15 is 0 Å². The molecule has 2 aliphatic rings. The van der Waals surface area contributed by atoms with E-state index in [1.807, 2.05) is 6.92 Å². The molecule has 1 unspecified atom stereocenters. The van der Waals surface area contributed by atoms with Crippen molar-refractivity contribution >= 4 is 15.9 Å². The van der Waals surface area contributed by atoms with Gasteiger partial charge in [0.25, 0.3) is 5.91 Å². The van der Waals surface area contributed by atoms with Gasteiger partial charge in [-0.15, -0.1) is 0 Å². The number of aryl methyl sites for hydroxylation is 2. The maximum atomic E-state index is 13.3. The zero-order valence-electron chi connectivity index (χ0n) is 18.9. The maximum Gasteiger partial charge on any atom is 0.255 e. The van der Waals surface area contributed by atoms with Gasteiger partial charge in [-0.1, -0.05) is 25.1 Å². The summed E-state index contributed by atoms with van der Waals surface area (Å²) in [6, 6.07) is 10.9. The Morgan fingerprint density at radius 3 is 2.44 bits per heavy atom. The van der Waals surface area contributed by atoms with Gasteiger partial charge in [0, 0.05) is 13.1 Å². The van der Waals surface area contributed by atoms with Crippen LogP contribution in [-0.2, 0) is 22.9 Å². The van der Waals surface area contributed by atoms with E-state index in [0.717, 1.165) is 37.7 Å². The third-order valence-electron chi connectivity index (χ3n) is 6.61. The van der Waals surface area contributed by atoms with Gasteiger partial charge >= 0.3 is 0 Å². The third kappa shape index (κ3) is 4.55. The van der Waals surface area contributed by atoms with Crippen molar-refractivity contribution in [2.45, 2.75) is 62.8 Å². The molecule has 6 nitrogen and oxygen atoms in total. The number of benzene rings is 2. The number of nitrogens with zero attached hydrogens (tertiary/aromatic N) is 1. The van der Waals surface area contributed by atoms with Crippen molar-refractivity contribution in [3.05, 3.63) is 58.7 Å². The second kappa shape index (κ2) is 9.63. The Hall–Kier alpha value is -2.38. The lowest BCUT2D eigenvalue weighted by atomic mass is 9.88. The highest BCUT2D eigenvalue weighted by atomic mass is 32.2. The molecule has 1 atom stereocenters. The SMILES string of the molecule is CCC(NC(=O)c1cc(S(=O)(=O)N2CCCC2)ccc1OC)c1ccc2c(c1)CCCC2. The number of rotatable bonds is 7. The van der Waals surface area contributed by atoms with Crippen LogP contribution in [-0.4, -0.2) is 38.8 Å². The first-order chi connectivity index (χ1) is 15.4. The van der Waals surface area contributed by atoms with Crippen LogP contribution in [0, 0.1) is 0 Å². The van der Waals surface area contributed by atoms with Crippen LogP contribution >= 0.6 is 0 Å². The summed E-state index contributed by atoms with van der Waals surface area (Å²) in [4.78, 5) is 13.4. The van der Waals surface area contributed by atoms with Crippen molar-refractivity contribution < 1.29 is 17.9 Å². The quantitative estimate of drug-likeness (QED) is 0.676. The van der Waals surface area contributed by atoms with Crippen molar-refractivity contribution in [3.8, 4) is 5.75 Å². The number of ether oxygens (including phenoxy) is 1. The standard InChI is InChI=1S/C25H32N2O4S/c1-3-23(20-11-10-18-8-4-5-9-19(18)16-20)26-25(28)22-17-21(12-13-24(22)31-2)32(29,30)27-14-6-7-15-27/h10-13,16-17,23H,3-9,14-15H2,1-2H3,(H,26,28). The fourth-order valence-corrected chi connectivity index (χ4v) is 6.27. The van der Waals surface area contributed by atoms with E-state index in [2.05, 4.69) is 23.5 Å². The molecular weight excluding hydrogens is 424 g/mol. The van der Waals surface area contributed by atoms with Crippen LogP contribution in [0.25, 0.3) is 0 Å². The Morgan fingerprint density at radius 2 is 1.75 bits per heavy atom. The predicted octanol–water partition coefficient (Wildman–Crippen LogP) is 4.24. The lowest BCUT2D eigenvalue weighted by molar-refractivity contribution is 0.0932. The molecule has 4 rings (SSSR count). The number of methoxy groups -OCH3 is 1. The van der Waals surface area contributed by atoms with Gasteiger partial charge in [0.2, 0.25) is 10.0 Å². The average molecular weight is 457 g/mol. The normalized spacial score (nSPS) is 17.6. The first-order valence-corrected chi connectivity index (χ1v) is 13.0. The summed E-state index contributed by atoms with van der Waals surface area (Å²) in [6.07, 6.45) is 7.10. The zero-order chi connectivity index (χ0) is 22.7. The third-order valence-corrected chi connectivity index (χ3v) is 8.50. The van der Waals surface area contributed by atoms with Gasteiger partial charge in [-0.3, -0.25) is 4.79 Å². The fourth-order valence-electron chi connectivity index (χ4n) is 4.73. The van der Waals surface area contributed by atoms with Gasteiger partial charge in [0.1, 0.15) is 5.75 Å².